The van der Waals surface area contributed by atoms with E-state index in [0.29, 0.717) is 23.0 Å². The van der Waals surface area contributed by atoms with E-state index in [1.807, 2.05) is 12.1 Å². The zero-order chi connectivity index (χ0) is 14.3. The minimum Gasteiger partial charge on any atom is -0.482 e. The van der Waals surface area contributed by atoms with Gasteiger partial charge in [-0.3, -0.25) is 0 Å². The molecule has 1 N–H and O–H groups in total. The van der Waals surface area contributed by atoms with Gasteiger partial charge in [-0.2, -0.15) is 0 Å². The van der Waals surface area contributed by atoms with Gasteiger partial charge in [-0.25, -0.2) is 4.39 Å². The van der Waals surface area contributed by atoms with Gasteiger partial charge in [0.15, 0.2) is 0 Å². The molecule has 1 atom stereocenters. The molecule has 1 heterocycles. The van der Waals surface area contributed by atoms with Gasteiger partial charge in [-0.05, 0) is 18.2 Å². The van der Waals surface area contributed by atoms with Crippen molar-refractivity contribution in [3.63, 3.8) is 0 Å². The summed E-state index contributed by atoms with van der Waals surface area (Å²) in [7, 11) is 0. The Morgan fingerprint density at radius 2 is 2.00 bits per heavy atom. The first kappa shape index (κ1) is 14.0. The number of rotatable bonds is 1. The van der Waals surface area contributed by atoms with E-state index in [0.717, 1.165) is 10.0 Å². The zero-order valence-electron chi connectivity index (χ0n) is 10.1. The van der Waals surface area contributed by atoms with E-state index in [9.17, 15) is 4.39 Å². The molecule has 104 valence electrons. The van der Waals surface area contributed by atoms with Crippen LogP contribution in [0.5, 0.6) is 5.75 Å². The van der Waals surface area contributed by atoms with Crippen molar-refractivity contribution in [1.29, 1.82) is 0 Å². The number of fused-ring (bicyclic) bond motifs is 1. The molecule has 2 aromatic carbocycles. The highest BCUT2D eigenvalue weighted by molar-refractivity contribution is 9.10. The molecule has 20 heavy (non-hydrogen) atoms. The monoisotopic (exact) mass is 375 g/mol. The number of hydrogen-bond acceptors (Lipinski definition) is 2. The fourth-order valence-corrected chi connectivity index (χ4v) is 3.06. The first-order valence-corrected chi connectivity index (χ1v) is 7.44. The molecular formula is C14H9BrCl2FNO. The second-order valence-electron chi connectivity index (χ2n) is 4.42. The maximum Gasteiger partial charge on any atom is 0.146 e. The second-order valence-corrected chi connectivity index (χ2v) is 6.15. The lowest BCUT2D eigenvalue weighted by molar-refractivity contribution is 0.209. The van der Waals surface area contributed by atoms with E-state index in [1.54, 1.807) is 6.07 Å². The van der Waals surface area contributed by atoms with Crippen molar-refractivity contribution in [3.05, 3.63) is 56.2 Å². The maximum atomic E-state index is 13.5. The highest BCUT2D eigenvalue weighted by Gasteiger charge is 2.24. The van der Waals surface area contributed by atoms with Crippen LogP contribution in [-0.2, 0) is 0 Å². The predicted octanol–water partition coefficient (Wildman–Crippen LogP) is 5.44. The summed E-state index contributed by atoms with van der Waals surface area (Å²) >= 11 is 15.3. The number of anilines is 1. The summed E-state index contributed by atoms with van der Waals surface area (Å²) in [5.41, 5.74) is 1.53. The number of halogens is 4. The largest absolute Gasteiger partial charge is 0.482 e. The quantitative estimate of drug-likeness (QED) is 0.715. The number of hydrogen-bond donors (Lipinski definition) is 1. The molecule has 2 nitrogen and oxygen atoms in total. The molecule has 0 fully saturated rings. The van der Waals surface area contributed by atoms with Crippen LogP contribution in [0.1, 0.15) is 11.7 Å². The topological polar surface area (TPSA) is 21.3 Å². The van der Waals surface area contributed by atoms with Crippen LogP contribution in [0.25, 0.3) is 0 Å². The summed E-state index contributed by atoms with van der Waals surface area (Å²) in [6.45, 7) is 0.538. The van der Waals surface area contributed by atoms with E-state index in [1.165, 1.54) is 12.1 Å². The van der Waals surface area contributed by atoms with Gasteiger partial charge in [-0.1, -0.05) is 45.2 Å². The van der Waals surface area contributed by atoms with Gasteiger partial charge in [-0.15, -0.1) is 0 Å². The molecule has 1 aliphatic rings. The van der Waals surface area contributed by atoms with Crippen LogP contribution in [0.15, 0.2) is 34.8 Å². The molecule has 0 bridgehead atoms. The number of nitrogens with one attached hydrogen (secondary N) is 1. The first-order chi connectivity index (χ1) is 9.54. The minimum atomic E-state index is -0.505. The van der Waals surface area contributed by atoms with E-state index in [-0.39, 0.29) is 11.1 Å². The van der Waals surface area contributed by atoms with Crippen molar-refractivity contribution in [2.45, 2.75) is 6.10 Å². The summed E-state index contributed by atoms with van der Waals surface area (Å²) in [6.07, 6.45) is -0.274. The third-order valence-corrected chi connectivity index (χ3v) is 4.19. The Morgan fingerprint density at radius 3 is 2.75 bits per heavy atom. The highest BCUT2D eigenvalue weighted by Crippen LogP contribution is 2.39. The smallest absolute Gasteiger partial charge is 0.146 e. The van der Waals surface area contributed by atoms with Gasteiger partial charge < -0.3 is 10.1 Å². The van der Waals surface area contributed by atoms with Crippen molar-refractivity contribution < 1.29 is 9.13 Å². The van der Waals surface area contributed by atoms with Crippen molar-refractivity contribution in [1.82, 2.24) is 0 Å². The molecule has 0 spiro atoms. The standard InChI is InChI=1S/C14H9BrCl2FNO/c15-7-1-2-8(9(16)3-7)14-6-19-12-4-10(17)11(18)5-13(12)20-14/h1-5,14,19H,6H2. The van der Waals surface area contributed by atoms with Crippen LogP contribution in [0.2, 0.25) is 10.0 Å². The van der Waals surface area contributed by atoms with Gasteiger partial charge in [0.2, 0.25) is 0 Å². The lowest BCUT2D eigenvalue weighted by Gasteiger charge is -2.28. The summed E-state index contributed by atoms with van der Waals surface area (Å²) in [4.78, 5) is 0. The molecule has 0 aromatic heterocycles. The van der Waals surface area contributed by atoms with Crippen LogP contribution in [-0.4, -0.2) is 6.54 Å². The minimum absolute atomic E-state index is 0.0694. The van der Waals surface area contributed by atoms with Crippen molar-refractivity contribution in [2.75, 3.05) is 11.9 Å². The van der Waals surface area contributed by atoms with Crippen LogP contribution >= 0.6 is 39.1 Å². The molecule has 6 heteroatoms. The molecule has 0 radical (unpaired) electrons. The van der Waals surface area contributed by atoms with E-state index in [2.05, 4.69) is 21.2 Å². The Hall–Kier alpha value is -0.970. The molecule has 3 rings (SSSR count). The Kier molecular flexibility index (Phi) is 3.80. The highest BCUT2D eigenvalue weighted by atomic mass is 79.9. The summed E-state index contributed by atoms with van der Waals surface area (Å²) in [6, 6.07) is 8.38. The lowest BCUT2D eigenvalue weighted by Crippen LogP contribution is -2.24. The van der Waals surface area contributed by atoms with Gasteiger partial charge in [0.05, 0.1) is 17.3 Å². The van der Waals surface area contributed by atoms with Gasteiger partial charge >= 0.3 is 0 Å². The van der Waals surface area contributed by atoms with Crippen molar-refractivity contribution >= 4 is 44.8 Å². The number of benzene rings is 2. The normalized spacial score (nSPS) is 17.1. The third kappa shape index (κ3) is 2.60. The molecule has 0 saturated heterocycles. The Labute approximate surface area is 134 Å². The van der Waals surface area contributed by atoms with Crippen molar-refractivity contribution in [3.8, 4) is 5.75 Å². The van der Waals surface area contributed by atoms with Crippen LogP contribution < -0.4 is 10.1 Å². The molecule has 1 aliphatic heterocycles. The molecule has 2 aromatic rings. The Balaban J connectivity index is 1.93. The number of ether oxygens (including phenoxy) is 1. The summed E-state index contributed by atoms with van der Waals surface area (Å²) < 4.78 is 20.2. The summed E-state index contributed by atoms with van der Waals surface area (Å²) in [5.74, 6) is -0.0723. The van der Waals surface area contributed by atoms with Gasteiger partial charge in [0, 0.05) is 21.1 Å². The molecule has 0 aliphatic carbocycles. The van der Waals surface area contributed by atoms with Crippen molar-refractivity contribution in [2.24, 2.45) is 0 Å². The molecular weight excluding hydrogens is 368 g/mol. The first-order valence-electron chi connectivity index (χ1n) is 5.89. The molecule has 1 unspecified atom stereocenters. The SMILES string of the molecule is Fc1cc2c(cc1Cl)NCC(c1ccc(Br)cc1Cl)O2. The maximum absolute atomic E-state index is 13.5. The average molecular weight is 377 g/mol. The predicted molar refractivity (Wildman–Crippen MR) is 82.4 cm³/mol. The van der Waals surface area contributed by atoms with Crippen LogP contribution in [0.4, 0.5) is 10.1 Å². The Bertz CT molecular complexity index is 680. The van der Waals surface area contributed by atoms with E-state index in [4.69, 9.17) is 27.9 Å². The van der Waals surface area contributed by atoms with Crippen LogP contribution in [0, 0.1) is 5.82 Å². The van der Waals surface area contributed by atoms with E-state index < -0.39 is 5.82 Å². The lowest BCUT2D eigenvalue weighted by atomic mass is 10.1. The molecule has 0 saturated carbocycles. The third-order valence-electron chi connectivity index (χ3n) is 3.08. The Morgan fingerprint density at radius 1 is 1.20 bits per heavy atom. The summed E-state index contributed by atoms with van der Waals surface area (Å²) in [5, 5.41) is 3.84. The molecule has 0 amide bonds. The van der Waals surface area contributed by atoms with E-state index >= 15 is 0 Å². The second kappa shape index (κ2) is 5.43. The van der Waals surface area contributed by atoms with Crippen LogP contribution in [0.3, 0.4) is 0 Å². The zero-order valence-corrected chi connectivity index (χ0v) is 13.2. The fraction of sp³-hybridized carbons (Fsp3) is 0.143. The van der Waals surface area contributed by atoms with Gasteiger partial charge in [0.1, 0.15) is 17.7 Å². The fourth-order valence-electron chi connectivity index (χ4n) is 2.10. The average Bonchev–Trinajstić information content (AvgIpc) is 2.40. The van der Waals surface area contributed by atoms with Gasteiger partial charge in [0.25, 0.3) is 0 Å².